The van der Waals surface area contributed by atoms with Crippen molar-refractivity contribution in [3.63, 3.8) is 0 Å². The molecule has 3 rings (SSSR count). The molecule has 1 amide bonds. The lowest BCUT2D eigenvalue weighted by molar-refractivity contribution is -0.129. The molecule has 0 saturated carbocycles. The number of sulfonamides is 1. The molecule has 0 unspecified atom stereocenters. The van der Waals surface area contributed by atoms with E-state index in [2.05, 4.69) is 0 Å². The Balaban J connectivity index is 1.80. The third-order valence-electron chi connectivity index (χ3n) is 4.60. The Morgan fingerprint density at radius 1 is 0.848 bits per heavy atom. The fraction of sp³-hybridized carbons (Fsp3) is 0.136. The van der Waals surface area contributed by atoms with Gasteiger partial charge < -0.3 is 4.74 Å². The lowest BCUT2D eigenvalue weighted by atomic mass is 10.2. The highest BCUT2D eigenvalue weighted by atomic mass is 32.2. The Bertz CT molecular complexity index is 1310. The van der Waals surface area contributed by atoms with Gasteiger partial charge in [0, 0.05) is 12.8 Å². The quantitative estimate of drug-likeness (QED) is 0.348. The van der Waals surface area contributed by atoms with Gasteiger partial charge in [0.25, 0.3) is 5.91 Å². The molecule has 0 aliphatic carbocycles. The number of benzene rings is 3. The van der Waals surface area contributed by atoms with Crippen LogP contribution in [0.15, 0.2) is 88.7 Å². The first kappa shape index (κ1) is 24.4. The Morgan fingerprint density at radius 3 is 1.85 bits per heavy atom. The number of hydrogen-bond donors (Lipinski definition) is 2. The van der Waals surface area contributed by atoms with E-state index in [0.29, 0.717) is 17.1 Å². The summed E-state index contributed by atoms with van der Waals surface area (Å²) >= 11 is 0. The number of amides is 1. The molecule has 0 aromatic heterocycles. The molecular formula is C22H22N2O7S2. The molecule has 0 aliphatic heterocycles. The van der Waals surface area contributed by atoms with Crippen molar-refractivity contribution in [3.8, 4) is 11.5 Å². The van der Waals surface area contributed by atoms with Gasteiger partial charge in [-0.25, -0.2) is 22.3 Å². The summed E-state index contributed by atoms with van der Waals surface area (Å²) in [5.74, 6) is -0.154. The van der Waals surface area contributed by atoms with Crippen molar-refractivity contribution in [2.75, 3.05) is 12.8 Å². The fourth-order valence-corrected chi connectivity index (χ4v) is 4.94. The second-order valence-corrected chi connectivity index (χ2v) is 11.1. The van der Waals surface area contributed by atoms with Crippen molar-refractivity contribution >= 4 is 25.8 Å². The van der Waals surface area contributed by atoms with E-state index < -0.39 is 32.3 Å². The van der Waals surface area contributed by atoms with Gasteiger partial charge in [-0.1, -0.05) is 30.3 Å². The molecule has 3 aromatic rings. The number of carbonyl (C=O) groups is 1. The van der Waals surface area contributed by atoms with Crippen LogP contribution in [-0.4, -0.2) is 45.1 Å². The maximum Gasteiger partial charge on any atom is 0.258 e. The van der Waals surface area contributed by atoms with Gasteiger partial charge in [-0.2, -0.15) is 4.31 Å². The molecule has 0 saturated heterocycles. The summed E-state index contributed by atoms with van der Waals surface area (Å²) in [6, 6.07) is 20.1. The van der Waals surface area contributed by atoms with Crippen molar-refractivity contribution < 1.29 is 31.6 Å². The largest absolute Gasteiger partial charge is 0.457 e. The SMILES string of the molecule is CS(=O)(=O)c1ccc(Oc2ccc(S(=O)(=O)N(CC(=O)NO)Cc3ccccc3)cc2)cc1. The molecule has 0 aliphatic rings. The number of nitrogens with one attached hydrogen (secondary N) is 1. The minimum Gasteiger partial charge on any atom is -0.457 e. The maximum atomic E-state index is 13.2. The first-order valence-corrected chi connectivity index (χ1v) is 13.0. The second kappa shape index (κ2) is 10.1. The Labute approximate surface area is 192 Å². The van der Waals surface area contributed by atoms with Gasteiger partial charge in [-0.05, 0) is 54.1 Å². The van der Waals surface area contributed by atoms with Gasteiger partial charge >= 0.3 is 0 Å². The minimum absolute atomic E-state index is 0.0658. The lowest BCUT2D eigenvalue weighted by Gasteiger charge is -2.21. The van der Waals surface area contributed by atoms with E-state index >= 15 is 0 Å². The molecule has 174 valence electrons. The molecule has 0 radical (unpaired) electrons. The summed E-state index contributed by atoms with van der Waals surface area (Å²) < 4.78 is 56.0. The van der Waals surface area contributed by atoms with Gasteiger partial charge in [-0.3, -0.25) is 10.0 Å². The van der Waals surface area contributed by atoms with Gasteiger partial charge in [0.15, 0.2) is 9.84 Å². The van der Waals surface area contributed by atoms with E-state index in [1.165, 1.54) is 54.0 Å². The van der Waals surface area contributed by atoms with Gasteiger partial charge in [0.1, 0.15) is 11.5 Å². The zero-order valence-electron chi connectivity index (χ0n) is 17.6. The van der Waals surface area contributed by atoms with E-state index in [4.69, 9.17) is 9.94 Å². The van der Waals surface area contributed by atoms with Crippen LogP contribution in [0.2, 0.25) is 0 Å². The molecule has 11 heteroatoms. The zero-order chi connectivity index (χ0) is 24.1. The van der Waals surface area contributed by atoms with Crippen molar-refractivity contribution in [1.29, 1.82) is 0 Å². The number of carbonyl (C=O) groups excluding carboxylic acids is 1. The number of rotatable bonds is 9. The van der Waals surface area contributed by atoms with Crippen LogP contribution in [0.25, 0.3) is 0 Å². The van der Waals surface area contributed by atoms with Gasteiger partial charge in [0.2, 0.25) is 10.0 Å². The Morgan fingerprint density at radius 2 is 1.36 bits per heavy atom. The van der Waals surface area contributed by atoms with Crippen LogP contribution in [0.4, 0.5) is 0 Å². The monoisotopic (exact) mass is 490 g/mol. The van der Waals surface area contributed by atoms with Crippen molar-refractivity contribution in [3.05, 3.63) is 84.4 Å². The van der Waals surface area contributed by atoms with Crippen LogP contribution in [-0.2, 0) is 31.2 Å². The smallest absolute Gasteiger partial charge is 0.258 e. The van der Waals surface area contributed by atoms with E-state index in [-0.39, 0.29) is 16.3 Å². The summed E-state index contributed by atoms with van der Waals surface area (Å²) in [6.07, 6.45) is 1.10. The van der Waals surface area contributed by atoms with Crippen LogP contribution >= 0.6 is 0 Å². The van der Waals surface area contributed by atoms with Gasteiger partial charge in [0.05, 0.1) is 16.3 Å². The first-order valence-electron chi connectivity index (χ1n) is 9.64. The molecule has 3 aromatic carbocycles. The van der Waals surface area contributed by atoms with Crippen molar-refractivity contribution in [2.45, 2.75) is 16.3 Å². The molecule has 0 spiro atoms. The summed E-state index contributed by atoms with van der Waals surface area (Å²) in [7, 11) is -7.40. The zero-order valence-corrected chi connectivity index (χ0v) is 19.2. The van der Waals surface area contributed by atoms with Crippen molar-refractivity contribution in [1.82, 2.24) is 9.79 Å². The molecule has 0 fully saturated rings. The third kappa shape index (κ3) is 6.39. The number of ether oxygens (including phenoxy) is 1. The maximum absolute atomic E-state index is 13.2. The van der Waals surface area contributed by atoms with Crippen molar-refractivity contribution in [2.24, 2.45) is 0 Å². The number of hydrogen-bond acceptors (Lipinski definition) is 7. The predicted molar refractivity (Wildman–Crippen MR) is 120 cm³/mol. The topological polar surface area (TPSA) is 130 Å². The molecule has 0 heterocycles. The van der Waals surface area contributed by atoms with Crippen LogP contribution in [0.1, 0.15) is 5.56 Å². The molecule has 33 heavy (non-hydrogen) atoms. The number of sulfone groups is 1. The van der Waals surface area contributed by atoms with E-state index in [1.807, 2.05) is 0 Å². The molecule has 2 N–H and O–H groups in total. The Kier molecular flexibility index (Phi) is 7.49. The van der Waals surface area contributed by atoms with Crippen LogP contribution < -0.4 is 10.2 Å². The van der Waals surface area contributed by atoms with E-state index in [0.717, 1.165) is 10.6 Å². The second-order valence-electron chi connectivity index (χ2n) is 7.11. The number of nitrogens with zero attached hydrogens (tertiary/aromatic N) is 1. The molecular weight excluding hydrogens is 468 g/mol. The highest BCUT2D eigenvalue weighted by Gasteiger charge is 2.27. The fourth-order valence-electron chi connectivity index (χ4n) is 2.93. The van der Waals surface area contributed by atoms with Crippen LogP contribution in [0.5, 0.6) is 11.5 Å². The highest BCUT2D eigenvalue weighted by Crippen LogP contribution is 2.26. The normalized spacial score (nSPS) is 11.8. The summed E-state index contributed by atoms with van der Waals surface area (Å²) in [4.78, 5) is 11.8. The lowest BCUT2D eigenvalue weighted by Crippen LogP contribution is -2.39. The standard InChI is InChI=1S/C22H22N2O7S2/c1-32(27,28)20-11-7-18(8-12-20)31-19-9-13-21(14-10-19)33(29,30)24(16-22(25)23-26)15-17-5-3-2-4-6-17/h2-14,26H,15-16H2,1H3,(H,23,25). The van der Waals surface area contributed by atoms with E-state index in [9.17, 15) is 21.6 Å². The molecule has 0 bridgehead atoms. The average Bonchev–Trinajstić information content (AvgIpc) is 2.79. The van der Waals surface area contributed by atoms with Crippen LogP contribution in [0.3, 0.4) is 0 Å². The molecule has 9 nitrogen and oxygen atoms in total. The summed E-state index contributed by atoms with van der Waals surface area (Å²) in [5, 5.41) is 8.85. The first-order chi connectivity index (χ1) is 15.6. The average molecular weight is 491 g/mol. The summed E-state index contributed by atoms with van der Waals surface area (Å²) in [5.41, 5.74) is 2.12. The Hall–Kier alpha value is -3.25. The number of hydroxylamine groups is 1. The minimum atomic E-state index is -4.08. The predicted octanol–water partition coefficient (Wildman–Crippen LogP) is 2.58. The van der Waals surface area contributed by atoms with E-state index in [1.54, 1.807) is 30.3 Å². The van der Waals surface area contributed by atoms with Crippen LogP contribution in [0, 0.1) is 0 Å². The summed E-state index contributed by atoms with van der Waals surface area (Å²) in [6.45, 7) is -0.639. The molecule has 0 atom stereocenters. The highest BCUT2D eigenvalue weighted by molar-refractivity contribution is 7.90. The third-order valence-corrected chi connectivity index (χ3v) is 7.53. The van der Waals surface area contributed by atoms with Gasteiger partial charge in [-0.15, -0.1) is 0 Å².